The predicted molar refractivity (Wildman–Crippen MR) is 98.9 cm³/mol. The molecule has 0 spiro atoms. The van der Waals surface area contributed by atoms with Crippen LogP contribution in [0.1, 0.15) is 62.1 Å². The maximum atomic E-state index is 13.8. The second-order valence-corrected chi connectivity index (χ2v) is 7.34. The lowest BCUT2D eigenvalue weighted by molar-refractivity contribution is 0.460. The van der Waals surface area contributed by atoms with E-state index in [1.54, 1.807) is 13.0 Å². The molecule has 2 aliphatic carbocycles. The topological polar surface area (TPSA) is 49.8 Å². The van der Waals surface area contributed by atoms with E-state index in [1.807, 2.05) is 12.1 Å². The van der Waals surface area contributed by atoms with Crippen molar-refractivity contribution in [2.45, 2.75) is 63.8 Å². The Morgan fingerprint density at radius 1 is 1.00 bits per heavy atom. The van der Waals surface area contributed by atoms with Crippen LogP contribution in [0.5, 0.6) is 0 Å². The van der Waals surface area contributed by atoms with Crippen LogP contribution < -0.4 is 10.6 Å². The summed E-state index contributed by atoms with van der Waals surface area (Å²) in [6.07, 6.45) is 8.62. The number of rotatable bonds is 5. The molecule has 0 aliphatic heterocycles. The quantitative estimate of drug-likeness (QED) is 0.776. The first-order chi connectivity index (χ1) is 12.2. The molecule has 4 rings (SSSR count). The lowest BCUT2D eigenvalue weighted by atomic mass is 9.96. The van der Waals surface area contributed by atoms with Crippen molar-refractivity contribution in [3.63, 3.8) is 0 Å². The summed E-state index contributed by atoms with van der Waals surface area (Å²) in [5.74, 6) is 1.78. The Morgan fingerprint density at radius 3 is 2.52 bits per heavy atom. The number of halogens is 1. The summed E-state index contributed by atoms with van der Waals surface area (Å²) in [5, 5.41) is 6.76. The molecule has 1 aromatic carbocycles. The number of nitrogens with one attached hydrogen (secondary N) is 2. The first-order valence-corrected chi connectivity index (χ1v) is 9.36. The average Bonchev–Trinajstić information content (AvgIpc) is 3.44. The summed E-state index contributed by atoms with van der Waals surface area (Å²) in [5.41, 5.74) is 2.45. The molecule has 2 saturated carbocycles. The molecule has 4 nitrogen and oxygen atoms in total. The van der Waals surface area contributed by atoms with Gasteiger partial charge in [-0.15, -0.1) is 0 Å². The third-order valence-corrected chi connectivity index (χ3v) is 5.12. The van der Waals surface area contributed by atoms with Gasteiger partial charge in [0.05, 0.1) is 5.69 Å². The third-order valence-electron chi connectivity index (χ3n) is 5.12. The second-order valence-electron chi connectivity index (χ2n) is 7.34. The van der Waals surface area contributed by atoms with Crippen LogP contribution in [0.25, 0.3) is 0 Å². The van der Waals surface area contributed by atoms with Crippen molar-refractivity contribution in [3.05, 3.63) is 41.3 Å². The highest BCUT2D eigenvalue weighted by Crippen LogP contribution is 2.40. The van der Waals surface area contributed by atoms with Crippen molar-refractivity contribution >= 4 is 17.5 Å². The third kappa shape index (κ3) is 4.09. The zero-order valence-corrected chi connectivity index (χ0v) is 14.7. The van der Waals surface area contributed by atoms with E-state index < -0.39 is 0 Å². The fraction of sp³-hybridized carbons (Fsp3) is 0.500. The van der Waals surface area contributed by atoms with E-state index >= 15 is 0 Å². The van der Waals surface area contributed by atoms with Gasteiger partial charge in [0.1, 0.15) is 11.6 Å². The maximum absolute atomic E-state index is 13.8. The second kappa shape index (κ2) is 6.98. The zero-order valence-electron chi connectivity index (χ0n) is 14.7. The van der Waals surface area contributed by atoms with E-state index in [-0.39, 0.29) is 5.82 Å². The molecule has 132 valence electrons. The van der Waals surface area contributed by atoms with E-state index in [0.29, 0.717) is 29.2 Å². The molecule has 2 fully saturated rings. The Kier molecular flexibility index (Phi) is 4.55. The molecule has 1 aromatic heterocycles. The lowest BCUT2D eigenvalue weighted by Gasteiger charge is -2.23. The average molecular weight is 340 g/mol. The van der Waals surface area contributed by atoms with Crippen LogP contribution in [0.2, 0.25) is 0 Å². The number of hydrogen-bond acceptors (Lipinski definition) is 4. The molecule has 25 heavy (non-hydrogen) atoms. The van der Waals surface area contributed by atoms with Gasteiger partial charge in [-0.2, -0.15) is 4.98 Å². The minimum atomic E-state index is -0.206. The number of nitrogens with zero attached hydrogens (tertiary/aromatic N) is 2. The Hall–Kier alpha value is -2.17. The van der Waals surface area contributed by atoms with Crippen molar-refractivity contribution in [3.8, 4) is 0 Å². The molecule has 0 atom stereocenters. The molecule has 0 unspecified atom stereocenters. The first-order valence-electron chi connectivity index (χ1n) is 9.36. The summed E-state index contributed by atoms with van der Waals surface area (Å²) in [6, 6.07) is 7.64. The summed E-state index contributed by atoms with van der Waals surface area (Å²) in [6.45, 7) is 1.77. The highest BCUT2D eigenvalue weighted by Gasteiger charge is 2.26. The minimum absolute atomic E-state index is 0.206. The molecule has 0 amide bonds. The number of hydrogen-bond donors (Lipinski definition) is 2. The molecule has 0 saturated heterocycles. The van der Waals surface area contributed by atoms with Crippen molar-refractivity contribution in [1.29, 1.82) is 0 Å². The van der Waals surface area contributed by atoms with Crippen LogP contribution in [0.15, 0.2) is 24.3 Å². The van der Waals surface area contributed by atoms with Gasteiger partial charge >= 0.3 is 0 Å². The van der Waals surface area contributed by atoms with Crippen LogP contribution in [-0.2, 0) is 0 Å². The monoisotopic (exact) mass is 340 g/mol. The Bertz CT molecular complexity index is 751. The summed E-state index contributed by atoms with van der Waals surface area (Å²) in [4.78, 5) is 9.36. The van der Waals surface area contributed by atoms with E-state index in [0.717, 1.165) is 11.5 Å². The van der Waals surface area contributed by atoms with Gasteiger partial charge in [-0.25, -0.2) is 9.37 Å². The SMILES string of the molecule is Cc1ccc(Nc2cc(C3CC3)nc(NC3CCCCC3)n2)cc1F. The van der Waals surface area contributed by atoms with Crippen LogP contribution >= 0.6 is 0 Å². The maximum Gasteiger partial charge on any atom is 0.225 e. The fourth-order valence-electron chi connectivity index (χ4n) is 3.43. The van der Waals surface area contributed by atoms with Gasteiger partial charge in [-0.05, 0) is 50.3 Å². The van der Waals surface area contributed by atoms with Gasteiger partial charge in [0.15, 0.2) is 0 Å². The molecule has 1 heterocycles. The molecule has 2 N–H and O–H groups in total. The fourth-order valence-corrected chi connectivity index (χ4v) is 3.43. The van der Waals surface area contributed by atoms with Crippen molar-refractivity contribution < 1.29 is 4.39 Å². The lowest BCUT2D eigenvalue weighted by Crippen LogP contribution is -2.23. The number of benzene rings is 1. The normalized spacial score (nSPS) is 18.2. The van der Waals surface area contributed by atoms with Gasteiger partial charge in [-0.3, -0.25) is 0 Å². The smallest absolute Gasteiger partial charge is 0.225 e. The van der Waals surface area contributed by atoms with Crippen LogP contribution in [-0.4, -0.2) is 16.0 Å². The van der Waals surface area contributed by atoms with E-state index in [9.17, 15) is 4.39 Å². The minimum Gasteiger partial charge on any atom is -0.351 e. The van der Waals surface area contributed by atoms with E-state index in [4.69, 9.17) is 4.98 Å². The molecule has 0 bridgehead atoms. The predicted octanol–water partition coefficient (Wildman–Crippen LogP) is 5.29. The van der Waals surface area contributed by atoms with Crippen LogP contribution in [0.4, 0.5) is 21.8 Å². The van der Waals surface area contributed by atoms with Gasteiger partial charge < -0.3 is 10.6 Å². The number of aryl methyl sites for hydroxylation is 1. The molecular formula is C20H25FN4. The zero-order chi connectivity index (χ0) is 17.2. The van der Waals surface area contributed by atoms with Gasteiger partial charge in [0, 0.05) is 23.7 Å². The van der Waals surface area contributed by atoms with Crippen LogP contribution in [0, 0.1) is 12.7 Å². The standard InChI is InChI=1S/C20H25FN4/c1-13-7-10-16(11-17(13)21)22-19-12-18(14-8-9-14)24-20(25-19)23-15-5-3-2-4-6-15/h7,10-12,14-15H,2-6,8-9H2,1H3,(H2,22,23,24,25). The summed E-state index contributed by atoms with van der Waals surface area (Å²) in [7, 11) is 0. The largest absolute Gasteiger partial charge is 0.351 e. The number of anilines is 3. The van der Waals surface area contributed by atoms with Gasteiger partial charge in [-0.1, -0.05) is 25.3 Å². The molecule has 2 aliphatic rings. The van der Waals surface area contributed by atoms with Crippen molar-refractivity contribution in [2.24, 2.45) is 0 Å². The van der Waals surface area contributed by atoms with Crippen LogP contribution in [0.3, 0.4) is 0 Å². The van der Waals surface area contributed by atoms with Gasteiger partial charge in [0.2, 0.25) is 5.95 Å². The summed E-state index contributed by atoms with van der Waals surface area (Å²) >= 11 is 0. The van der Waals surface area contributed by atoms with Crippen molar-refractivity contribution in [1.82, 2.24) is 9.97 Å². The van der Waals surface area contributed by atoms with E-state index in [2.05, 4.69) is 15.6 Å². The first kappa shape index (κ1) is 16.3. The Balaban J connectivity index is 1.56. The molecule has 0 radical (unpaired) electrons. The summed E-state index contributed by atoms with van der Waals surface area (Å²) < 4.78 is 13.8. The van der Waals surface area contributed by atoms with Gasteiger partial charge in [0.25, 0.3) is 0 Å². The van der Waals surface area contributed by atoms with E-state index in [1.165, 1.54) is 51.0 Å². The van der Waals surface area contributed by atoms with Crippen molar-refractivity contribution in [2.75, 3.05) is 10.6 Å². The Labute approximate surface area is 148 Å². The molecular weight excluding hydrogens is 315 g/mol. The number of aromatic nitrogens is 2. The highest BCUT2D eigenvalue weighted by atomic mass is 19.1. The Morgan fingerprint density at radius 2 is 1.80 bits per heavy atom. The molecule has 5 heteroatoms. The molecule has 2 aromatic rings. The highest BCUT2D eigenvalue weighted by molar-refractivity contribution is 5.58.